The molecule has 0 bridgehead atoms. The van der Waals surface area contributed by atoms with Gasteiger partial charge in [-0.3, -0.25) is 0 Å². The van der Waals surface area contributed by atoms with Crippen LogP contribution in [0, 0.1) is 11.6 Å². The number of nitrogens with zero attached hydrogens (tertiary/aromatic N) is 2. The van der Waals surface area contributed by atoms with Gasteiger partial charge < -0.3 is 5.21 Å². The summed E-state index contributed by atoms with van der Waals surface area (Å²) >= 11 is 0. The van der Waals surface area contributed by atoms with Gasteiger partial charge in [-0.2, -0.15) is 0 Å². The van der Waals surface area contributed by atoms with Gasteiger partial charge in [0, 0.05) is 6.07 Å². The van der Waals surface area contributed by atoms with Crippen molar-refractivity contribution in [1.29, 1.82) is 0 Å². The lowest BCUT2D eigenvalue weighted by molar-refractivity contribution is 0.318. The van der Waals surface area contributed by atoms with Crippen LogP contribution in [0.25, 0.3) is 0 Å². The van der Waals surface area contributed by atoms with Crippen LogP contribution in [-0.2, 0) is 0 Å². The van der Waals surface area contributed by atoms with Crippen LogP contribution in [0.4, 0.5) is 8.78 Å². The third-order valence-corrected chi connectivity index (χ3v) is 1.30. The van der Waals surface area contributed by atoms with Crippen LogP contribution in [-0.4, -0.2) is 15.9 Å². The second-order valence-corrected chi connectivity index (χ2v) is 2.17. The molecule has 1 rings (SSSR count). The van der Waals surface area contributed by atoms with Crippen molar-refractivity contribution in [2.24, 2.45) is 5.16 Å². The first-order valence-electron chi connectivity index (χ1n) is 3.15. The molecule has 1 N–H and O–H groups in total. The maximum atomic E-state index is 12.8. The third-order valence-electron chi connectivity index (χ3n) is 1.30. The maximum Gasteiger partial charge on any atom is 0.153 e. The molecule has 0 saturated carbocycles. The van der Waals surface area contributed by atoms with Crippen molar-refractivity contribution < 1.29 is 14.0 Å². The van der Waals surface area contributed by atoms with E-state index in [0.717, 1.165) is 6.20 Å². The van der Waals surface area contributed by atoms with Gasteiger partial charge in [-0.15, -0.1) is 0 Å². The molecule has 1 aromatic rings. The summed E-state index contributed by atoms with van der Waals surface area (Å²) in [6, 6.07) is 0.678. The Labute approximate surface area is 67.4 Å². The highest BCUT2D eigenvalue weighted by Crippen LogP contribution is 2.06. The van der Waals surface area contributed by atoms with E-state index in [-0.39, 0.29) is 11.4 Å². The molecule has 1 aromatic heterocycles. The fraction of sp³-hybridized carbons (Fsp3) is 0.143. The lowest BCUT2D eigenvalue weighted by Crippen LogP contribution is -2.02. The average molecular weight is 172 g/mol. The van der Waals surface area contributed by atoms with Crippen molar-refractivity contribution in [3.8, 4) is 0 Å². The maximum absolute atomic E-state index is 12.8. The van der Waals surface area contributed by atoms with E-state index >= 15 is 0 Å². The van der Waals surface area contributed by atoms with Gasteiger partial charge in [0.1, 0.15) is 17.2 Å². The Morgan fingerprint density at radius 1 is 1.58 bits per heavy atom. The Bertz CT molecular complexity index is 325. The van der Waals surface area contributed by atoms with Gasteiger partial charge in [-0.1, -0.05) is 5.16 Å². The highest BCUT2D eigenvalue weighted by atomic mass is 19.1. The molecular formula is C7H6F2N2O. The van der Waals surface area contributed by atoms with Crippen LogP contribution in [0.3, 0.4) is 0 Å². The van der Waals surface area contributed by atoms with Crippen molar-refractivity contribution in [3.63, 3.8) is 0 Å². The van der Waals surface area contributed by atoms with Crippen molar-refractivity contribution >= 4 is 5.71 Å². The van der Waals surface area contributed by atoms with Crippen LogP contribution in [0.5, 0.6) is 0 Å². The average Bonchev–Trinajstić information content (AvgIpc) is 2.03. The standard InChI is InChI=1S/C7H6F2N2O/c1-4(11-12)7-6(9)2-5(8)3-10-7/h2-3,12H,1H3. The quantitative estimate of drug-likeness (QED) is 0.397. The minimum Gasteiger partial charge on any atom is -0.411 e. The number of halogens is 2. The molecular weight excluding hydrogens is 166 g/mol. The highest BCUT2D eigenvalue weighted by molar-refractivity contribution is 5.96. The van der Waals surface area contributed by atoms with Crippen molar-refractivity contribution in [2.75, 3.05) is 0 Å². The Kier molecular flexibility index (Phi) is 2.32. The van der Waals surface area contributed by atoms with E-state index < -0.39 is 11.6 Å². The summed E-state index contributed by atoms with van der Waals surface area (Å²) in [5.41, 5.74) is -0.147. The Morgan fingerprint density at radius 3 is 2.75 bits per heavy atom. The van der Waals surface area contributed by atoms with Crippen LogP contribution in [0.2, 0.25) is 0 Å². The van der Waals surface area contributed by atoms with Gasteiger partial charge in [-0.25, -0.2) is 13.8 Å². The van der Waals surface area contributed by atoms with Crippen molar-refractivity contribution in [1.82, 2.24) is 4.98 Å². The number of hydrogen-bond acceptors (Lipinski definition) is 3. The summed E-state index contributed by atoms with van der Waals surface area (Å²) in [5.74, 6) is -1.60. The molecule has 0 fully saturated rings. The summed E-state index contributed by atoms with van der Waals surface area (Å²) < 4.78 is 25.1. The molecule has 3 nitrogen and oxygen atoms in total. The van der Waals surface area contributed by atoms with Gasteiger partial charge in [0.2, 0.25) is 0 Å². The Balaban J connectivity index is 3.18. The predicted octanol–water partition coefficient (Wildman–Crippen LogP) is 1.56. The fourth-order valence-electron chi connectivity index (χ4n) is 0.728. The molecule has 0 aliphatic carbocycles. The van der Waals surface area contributed by atoms with Crippen LogP contribution < -0.4 is 0 Å². The van der Waals surface area contributed by atoms with Gasteiger partial charge >= 0.3 is 0 Å². The topological polar surface area (TPSA) is 45.5 Å². The molecule has 0 atom stereocenters. The number of hydrogen-bond donors (Lipinski definition) is 1. The number of rotatable bonds is 1. The summed E-state index contributed by atoms with van der Waals surface area (Å²) in [6.45, 7) is 1.36. The zero-order valence-electron chi connectivity index (χ0n) is 6.25. The lowest BCUT2D eigenvalue weighted by Gasteiger charge is -1.98. The van der Waals surface area contributed by atoms with E-state index in [1.165, 1.54) is 6.92 Å². The molecule has 0 spiro atoms. The Hall–Kier alpha value is -1.52. The normalized spacial score (nSPS) is 11.8. The summed E-state index contributed by atoms with van der Waals surface area (Å²) in [5, 5.41) is 11.0. The first kappa shape index (κ1) is 8.58. The van der Waals surface area contributed by atoms with Crippen LogP contribution in [0.1, 0.15) is 12.6 Å². The van der Waals surface area contributed by atoms with Gasteiger partial charge in [-0.05, 0) is 6.92 Å². The number of oxime groups is 1. The van der Waals surface area contributed by atoms with Gasteiger partial charge in [0.05, 0.1) is 6.20 Å². The summed E-state index contributed by atoms with van der Waals surface area (Å²) in [6.07, 6.45) is 0.854. The van der Waals surface area contributed by atoms with Crippen LogP contribution in [0.15, 0.2) is 17.4 Å². The number of aromatic nitrogens is 1. The molecule has 0 aliphatic heterocycles. The van der Waals surface area contributed by atoms with E-state index in [1.54, 1.807) is 0 Å². The monoisotopic (exact) mass is 172 g/mol. The second kappa shape index (κ2) is 3.25. The first-order chi connectivity index (χ1) is 5.65. The van der Waals surface area contributed by atoms with E-state index in [1.807, 2.05) is 0 Å². The van der Waals surface area contributed by atoms with Gasteiger partial charge in [0.15, 0.2) is 5.82 Å². The SMILES string of the molecule is CC(=NO)c1ncc(F)cc1F. The number of pyridine rings is 1. The molecule has 0 unspecified atom stereocenters. The molecule has 0 radical (unpaired) electrons. The largest absolute Gasteiger partial charge is 0.411 e. The van der Waals surface area contributed by atoms with Crippen molar-refractivity contribution in [2.45, 2.75) is 6.92 Å². The van der Waals surface area contributed by atoms with Crippen molar-refractivity contribution in [3.05, 3.63) is 29.6 Å². The minimum absolute atomic E-state index is 0.00694. The summed E-state index contributed by atoms with van der Waals surface area (Å²) in [4.78, 5) is 3.41. The third kappa shape index (κ3) is 1.55. The zero-order chi connectivity index (χ0) is 9.14. The second-order valence-electron chi connectivity index (χ2n) is 2.17. The smallest absolute Gasteiger partial charge is 0.153 e. The molecule has 12 heavy (non-hydrogen) atoms. The highest BCUT2D eigenvalue weighted by Gasteiger charge is 2.08. The molecule has 0 saturated heterocycles. The van der Waals surface area contributed by atoms with Crippen LogP contribution >= 0.6 is 0 Å². The lowest BCUT2D eigenvalue weighted by atomic mass is 10.2. The molecule has 0 aromatic carbocycles. The molecule has 1 heterocycles. The molecule has 0 amide bonds. The van der Waals surface area contributed by atoms with Gasteiger partial charge in [0.25, 0.3) is 0 Å². The minimum atomic E-state index is -0.842. The first-order valence-corrected chi connectivity index (χ1v) is 3.15. The van der Waals surface area contributed by atoms with E-state index in [0.29, 0.717) is 6.07 Å². The van der Waals surface area contributed by atoms with E-state index in [9.17, 15) is 8.78 Å². The molecule has 64 valence electrons. The molecule has 0 aliphatic rings. The summed E-state index contributed by atoms with van der Waals surface area (Å²) in [7, 11) is 0. The fourth-order valence-corrected chi connectivity index (χ4v) is 0.728. The van der Waals surface area contributed by atoms with E-state index in [4.69, 9.17) is 5.21 Å². The Morgan fingerprint density at radius 2 is 2.25 bits per heavy atom. The van der Waals surface area contributed by atoms with E-state index in [2.05, 4.69) is 10.1 Å². The zero-order valence-corrected chi connectivity index (χ0v) is 6.25. The predicted molar refractivity (Wildman–Crippen MR) is 38.2 cm³/mol. The molecule has 5 heteroatoms.